The molecule has 0 aliphatic carbocycles. The highest BCUT2D eigenvalue weighted by atomic mass is 32.2. The summed E-state index contributed by atoms with van der Waals surface area (Å²) in [5.41, 5.74) is 11.7. The van der Waals surface area contributed by atoms with Crippen molar-refractivity contribution in [1.82, 2.24) is 15.5 Å². The van der Waals surface area contributed by atoms with Gasteiger partial charge in [0.25, 0.3) is 0 Å². The zero-order chi connectivity index (χ0) is 22.1. The van der Waals surface area contributed by atoms with Gasteiger partial charge in [-0.05, 0) is 74.5 Å². The molecule has 0 unspecified atom stereocenters. The molecule has 2 aromatic rings. The van der Waals surface area contributed by atoms with E-state index in [1.54, 1.807) is 0 Å². The van der Waals surface area contributed by atoms with Crippen LogP contribution in [-0.2, 0) is 11.3 Å². The third kappa shape index (κ3) is 6.98. The van der Waals surface area contributed by atoms with Crippen LogP contribution in [0, 0.1) is 0 Å². The molecule has 0 radical (unpaired) electrons. The van der Waals surface area contributed by atoms with Crippen LogP contribution in [0.4, 0.5) is 4.79 Å². The highest BCUT2D eigenvalue weighted by molar-refractivity contribution is 7.97. The van der Waals surface area contributed by atoms with Crippen LogP contribution in [0.15, 0.2) is 65.3 Å². The Morgan fingerprint density at radius 3 is 2.47 bits per heavy atom. The smallest absolute Gasteiger partial charge is 0.407 e. The number of alkyl carbamates (subject to hydrolysis) is 1. The molecule has 162 valence electrons. The van der Waals surface area contributed by atoms with Crippen LogP contribution in [0.5, 0.6) is 0 Å². The van der Waals surface area contributed by atoms with Crippen molar-refractivity contribution in [2.24, 2.45) is 11.6 Å². The van der Waals surface area contributed by atoms with Crippen molar-refractivity contribution >= 4 is 18.0 Å². The molecule has 0 bridgehead atoms. The normalized spacial score (nSPS) is 12.0. The number of benzene rings is 2. The van der Waals surface area contributed by atoms with E-state index in [9.17, 15) is 4.79 Å². The molecule has 8 heteroatoms. The minimum atomic E-state index is -0.412. The Hall–Kier alpha value is -2.68. The molecule has 7 N–H and O–H groups in total. The Bertz CT molecular complexity index is 866. The van der Waals surface area contributed by atoms with Gasteiger partial charge in [0.1, 0.15) is 0 Å². The fourth-order valence-electron chi connectivity index (χ4n) is 2.68. The second kappa shape index (κ2) is 10.9. The molecule has 2 rings (SSSR count). The van der Waals surface area contributed by atoms with E-state index in [4.69, 9.17) is 16.3 Å². The summed E-state index contributed by atoms with van der Waals surface area (Å²) in [7, 11) is 0. The first-order chi connectivity index (χ1) is 14.2. The molecule has 0 saturated carbocycles. The second-order valence-electron chi connectivity index (χ2n) is 7.59. The van der Waals surface area contributed by atoms with Crippen molar-refractivity contribution in [3.8, 4) is 11.1 Å². The van der Waals surface area contributed by atoms with Gasteiger partial charge in [0.2, 0.25) is 0 Å². The van der Waals surface area contributed by atoms with Gasteiger partial charge in [0, 0.05) is 17.6 Å². The summed E-state index contributed by atoms with van der Waals surface area (Å²) in [6, 6.07) is 16.3. The van der Waals surface area contributed by atoms with Crippen molar-refractivity contribution in [3.05, 3.63) is 66.0 Å². The molecule has 0 saturated heterocycles. The van der Waals surface area contributed by atoms with Gasteiger partial charge in [-0.2, -0.15) is 0 Å². The van der Waals surface area contributed by atoms with Gasteiger partial charge in [0.05, 0.1) is 17.3 Å². The fraction of sp³-hybridized carbons (Fsp3) is 0.318. The average Bonchev–Trinajstić information content (AvgIpc) is 2.72. The van der Waals surface area contributed by atoms with Crippen molar-refractivity contribution in [2.75, 3.05) is 0 Å². The first-order valence-corrected chi connectivity index (χ1v) is 10.5. The number of hydrazine groups is 1. The molecule has 0 spiro atoms. The third-order valence-corrected chi connectivity index (χ3v) is 5.43. The largest absolute Gasteiger partial charge is 0.447 e. The minimum Gasteiger partial charge on any atom is -0.447 e. The average molecular weight is 430 g/mol. The second-order valence-corrected chi connectivity index (χ2v) is 8.47. The molecule has 1 amide bonds. The number of carbonyl (C=O) groups is 1. The van der Waals surface area contributed by atoms with Crippen LogP contribution in [0.25, 0.3) is 11.1 Å². The molecule has 30 heavy (non-hydrogen) atoms. The van der Waals surface area contributed by atoms with E-state index in [1.807, 2.05) is 45.9 Å². The summed E-state index contributed by atoms with van der Waals surface area (Å²) in [5, 5.41) is 2.77. The number of amides is 1. The highest BCUT2D eigenvalue weighted by Crippen LogP contribution is 2.26. The van der Waals surface area contributed by atoms with E-state index >= 15 is 0 Å². The molecule has 0 fully saturated rings. The quantitative estimate of drug-likeness (QED) is 0.235. The Labute approximate surface area is 182 Å². The topological polar surface area (TPSA) is 114 Å². The van der Waals surface area contributed by atoms with Crippen LogP contribution in [-0.4, -0.2) is 17.7 Å². The molecule has 0 heterocycles. The summed E-state index contributed by atoms with van der Waals surface area (Å²) in [5.74, 6) is 5.52. The van der Waals surface area contributed by atoms with Gasteiger partial charge < -0.3 is 21.2 Å². The zero-order valence-corrected chi connectivity index (χ0v) is 18.7. The van der Waals surface area contributed by atoms with Crippen molar-refractivity contribution in [3.63, 3.8) is 0 Å². The van der Waals surface area contributed by atoms with Gasteiger partial charge >= 0.3 is 6.09 Å². The summed E-state index contributed by atoms with van der Waals surface area (Å²) in [4.78, 5) is 12.7. The standard InChI is InChI=1S/C22H31N5O2S/c1-15(2)29-21(28)25-14-16-6-5-7-18(12-16)17-8-10-19(11-9-17)30-27-22(3,4)20(13-23)26-24/h5-13,15,26-27H,14,23-24H2,1-4H3,(H,25,28)/b20-13-. The van der Waals surface area contributed by atoms with Gasteiger partial charge in [-0.1, -0.05) is 30.3 Å². The van der Waals surface area contributed by atoms with Crippen LogP contribution in [0.3, 0.4) is 0 Å². The third-order valence-electron chi connectivity index (χ3n) is 4.31. The van der Waals surface area contributed by atoms with Crippen molar-refractivity contribution < 1.29 is 9.53 Å². The van der Waals surface area contributed by atoms with Crippen molar-refractivity contribution in [1.29, 1.82) is 0 Å². The maximum absolute atomic E-state index is 11.7. The number of nitrogens with one attached hydrogen (secondary N) is 3. The lowest BCUT2D eigenvalue weighted by Gasteiger charge is -2.28. The monoisotopic (exact) mass is 429 g/mol. The highest BCUT2D eigenvalue weighted by Gasteiger charge is 2.22. The Kier molecular flexibility index (Phi) is 8.58. The number of ether oxygens (including phenoxy) is 1. The zero-order valence-electron chi connectivity index (χ0n) is 17.9. The molecular formula is C22H31N5O2S. The molecule has 0 atom stereocenters. The van der Waals surface area contributed by atoms with E-state index in [0.29, 0.717) is 12.2 Å². The Morgan fingerprint density at radius 1 is 1.17 bits per heavy atom. The van der Waals surface area contributed by atoms with E-state index in [0.717, 1.165) is 21.6 Å². The lowest BCUT2D eigenvalue weighted by molar-refractivity contribution is 0.115. The maximum atomic E-state index is 11.7. The molecule has 0 aliphatic rings. The van der Waals surface area contributed by atoms with Gasteiger partial charge in [-0.3, -0.25) is 5.84 Å². The first kappa shape index (κ1) is 23.6. The maximum Gasteiger partial charge on any atom is 0.407 e. The lowest BCUT2D eigenvalue weighted by atomic mass is 10.0. The number of nitrogens with two attached hydrogens (primary N) is 2. The summed E-state index contributed by atoms with van der Waals surface area (Å²) < 4.78 is 8.46. The lowest BCUT2D eigenvalue weighted by Crippen LogP contribution is -2.44. The predicted molar refractivity (Wildman–Crippen MR) is 123 cm³/mol. The number of hydrogen-bond donors (Lipinski definition) is 5. The van der Waals surface area contributed by atoms with Gasteiger partial charge in [-0.25, -0.2) is 9.52 Å². The molecule has 7 nitrogen and oxygen atoms in total. The molecular weight excluding hydrogens is 398 g/mol. The van der Waals surface area contributed by atoms with Crippen LogP contribution >= 0.6 is 11.9 Å². The van der Waals surface area contributed by atoms with E-state index in [-0.39, 0.29) is 6.10 Å². The van der Waals surface area contributed by atoms with Crippen LogP contribution < -0.4 is 27.0 Å². The Morgan fingerprint density at radius 2 is 1.87 bits per heavy atom. The van der Waals surface area contributed by atoms with E-state index in [1.165, 1.54) is 18.1 Å². The Balaban J connectivity index is 2.00. The summed E-state index contributed by atoms with van der Waals surface area (Å²) >= 11 is 1.51. The molecule has 0 aromatic heterocycles. The summed E-state index contributed by atoms with van der Waals surface area (Å²) in [6.45, 7) is 8.04. The van der Waals surface area contributed by atoms with Gasteiger partial charge in [-0.15, -0.1) is 0 Å². The van der Waals surface area contributed by atoms with E-state index < -0.39 is 11.6 Å². The van der Waals surface area contributed by atoms with E-state index in [2.05, 4.69) is 45.8 Å². The minimum absolute atomic E-state index is 0.141. The molecule has 2 aromatic carbocycles. The van der Waals surface area contributed by atoms with Crippen LogP contribution in [0.1, 0.15) is 33.3 Å². The van der Waals surface area contributed by atoms with Crippen molar-refractivity contribution in [2.45, 2.75) is 50.8 Å². The number of carbonyl (C=O) groups excluding carboxylic acids is 1. The fourth-order valence-corrected chi connectivity index (χ4v) is 3.44. The number of rotatable bonds is 9. The first-order valence-electron chi connectivity index (χ1n) is 9.72. The number of hydrogen-bond acceptors (Lipinski definition) is 7. The van der Waals surface area contributed by atoms with Gasteiger partial charge in [0.15, 0.2) is 0 Å². The molecule has 0 aliphatic heterocycles. The SMILES string of the molecule is CC(C)OC(=O)NCc1cccc(-c2ccc(SNC(C)(C)/C(=C/N)NN)cc2)c1. The summed E-state index contributed by atoms with van der Waals surface area (Å²) in [6.07, 6.45) is 0.906. The predicted octanol–water partition coefficient (Wildman–Crippen LogP) is 3.63. The van der Waals surface area contributed by atoms with Crippen LogP contribution in [0.2, 0.25) is 0 Å².